The average Bonchev–Trinajstić information content (AvgIpc) is 3.53. The largest absolute Gasteiger partial charge is 0.494 e. The van der Waals surface area contributed by atoms with E-state index in [1.165, 1.54) is 13.2 Å². The minimum Gasteiger partial charge on any atom is -0.494 e. The lowest BCUT2D eigenvalue weighted by molar-refractivity contribution is 0.153. The van der Waals surface area contributed by atoms with Crippen molar-refractivity contribution in [2.24, 2.45) is 10.8 Å². The summed E-state index contributed by atoms with van der Waals surface area (Å²) in [6, 6.07) is 10.7. The van der Waals surface area contributed by atoms with E-state index < -0.39 is 11.6 Å². The second-order valence-electron chi connectivity index (χ2n) is 11.2. The van der Waals surface area contributed by atoms with E-state index in [0.29, 0.717) is 43.4 Å². The van der Waals surface area contributed by atoms with Crippen LogP contribution in [0.15, 0.2) is 30.3 Å². The van der Waals surface area contributed by atoms with Crippen molar-refractivity contribution in [2.45, 2.75) is 25.9 Å². The van der Waals surface area contributed by atoms with Gasteiger partial charge in [0.05, 0.1) is 36.5 Å². The molecule has 7 rings (SSSR count). The Morgan fingerprint density at radius 3 is 2.47 bits per heavy atom. The van der Waals surface area contributed by atoms with E-state index in [0.717, 1.165) is 55.0 Å². The van der Waals surface area contributed by atoms with Gasteiger partial charge < -0.3 is 14.5 Å². The molecule has 0 N–H and O–H groups in total. The van der Waals surface area contributed by atoms with E-state index in [2.05, 4.69) is 30.6 Å². The topological polar surface area (TPSA) is 73.5 Å². The molecule has 1 spiro atoms. The van der Waals surface area contributed by atoms with Gasteiger partial charge in [0.2, 0.25) is 5.95 Å². The zero-order valence-corrected chi connectivity index (χ0v) is 21.7. The Balaban J connectivity index is 1.12. The molecule has 3 aromatic rings. The number of anilines is 2. The molecule has 0 atom stereocenters. The van der Waals surface area contributed by atoms with Gasteiger partial charge in [-0.25, -0.2) is 8.78 Å². The first-order chi connectivity index (χ1) is 18.3. The number of fused-ring (bicyclic) bond motifs is 3. The number of nitriles is 1. The predicted octanol–water partition coefficient (Wildman–Crippen LogP) is 4.15. The summed E-state index contributed by atoms with van der Waals surface area (Å²) in [6.07, 6.45) is 1.86. The molecule has 3 fully saturated rings. The molecule has 4 aliphatic rings. The fourth-order valence-electron chi connectivity index (χ4n) is 6.21. The normalized spacial score (nSPS) is 20.6. The summed E-state index contributed by atoms with van der Waals surface area (Å²) in [5.41, 5.74) is 2.21. The van der Waals surface area contributed by atoms with Crippen LogP contribution in [-0.2, 0) is 13.1 Å². The summed E-state index contributed by atoms with van der Waals surface area (Å²) in [4.78, 5) is 6.41. The number of methoxy groups -OCH3 is 1. The van der Waals surface area contributed by atoms with E-state index in [-0.39, 0.29) is 16.6 Å². The van der Waals surface area contributed by atoms with E-state index in [9.17, 15) is 14.0 Å². The van der Waals surface area contributed by atoms with Gasteiger partial charge in [-0.3, -0.25) is 9.47 Å². The summed E-state index contributed by atoms with van der Waals surface area (Å²) >= 11 is 6.38. The van der Waals surface area contributed by atoms with Gasteiger partial charge >= 0.3 is 0 Å². The Morgan fingerprint density at radius 1 is 1.00 bits per heavy atom. The molecule has 8 nitrogen and oxygen atoms in total. The molecule has 38 heavy (non-hydrogen) atoms. The standard InChI is InChI=1S/C27H26ClF2N7O/c1-38-23-8-22(19(29)7-20(23)30)35-13-27(14-35)15-36(16-27)25-33-32-24-10-34(12-26(11-31)4-5-26)9-17-6-18(28)2-3-21(17)37(24)25/h2-3,6-8H,4-5,9-10,12-16H2,1H3. The van der Waals surface area contributed by atoms with Crippen molar-refractivity contribution in [2.75, 3.05) is 49.6 Å². The molecule has 4 heterocycles. The molecule has 0 unspecified atom stereocenters. The first-order valence-corrected chi connectivity index (χ1v) is 13.1. The maximum absolute atomic E-state index is 14.5. The van der Waals surface area contributed by atoms with Gasteiger partial charge in [-0.15, -0.1) is 10.2 Å². The van der Waals surface area contributed by atoms with E-state index in [1.54, 1.807) is 0 Å². The summed E-state index contributed by atoms with van der Waals surface area (Å²) in [6.45, 7) is 4.87. The van der Waals surface area contributed by atoms with Crippen LogP contribution in [0, 0.1) is 33.8 Å². The van der Waals surface area contributed by atoms with Crippen LogP contribution in [0.5, 0.6) is 5.75 Å². The van der Waals surface area contributed by atoms with Crippen LogP contribution in [0.4, 0.5) is 20.4 Å². The first kappa shape index (κ1) is 23.7. The third-order valence-corrected chi connectivity index (χ3v) is 8.56. The van der Waals surface area contributed by atoms with Crippen LogP contribution in [0.1, 0.15) is 24.2 Å². The highest BCUT2D eigenvalue weighted by molar-refractivity contribution is 6.30. The molecule has 2 saturated heterocycles. The van der Waals surface area contributed by atoms with Crippen LogP contribution in [-0.4, -0.2) is 59.5 Å². The lowest BCUT2D eigenvalue weighted by atomic mass is 9.72. The number of hydrogen-bond donors (Lipinski definition) is 0. The molecule has 1 saturated carbocycles. The van der Waals surface area contributed by atoms with Gasteiger partial charge in [-0.1, -0.05) is 11.6 Å². The second-order valence-corrected chi connectivity index (χ2v) is 11.6. The first-order valence-electron chi connectivity index (χ1n) is 12.7. The number of hydrogen-bond acceptors (Lipinski definition) is 7. The Bertz CT molecular complexity index is 1480. The minimum absolute atomic E-state index is 0.0190. The van der Waals surface area contributed by atoms with Gasteiger partial charge in [-0.05, 0) is 36.6 Å². The molecule has 0 radical (unpaired) electrons. The van der Waals surface area contributed by atoms with Gasteiger partial charge in [0.1, 0.15) is 5.82 Å². The molecule has 0 amide bonds. The van der Waals surface area contributed by atoms with Crippen LogP contribution in [0.3, 0.4) is 0 Å². The number of nitrogens with zero attached hydrogens (tertiary/aromatic N) is 7. The summed E-state index contributed by atoms with van der Waals surface area (Å²) in [5.74, 6) is 0.378. The third-order valence-electron chi connectivity index (χ3n) is 8.32. The summed E-state index contributed by atoms with van der Waals surface area (Å²) < 4.78 is 35.5. The molecule has 196 valence electrons. The molecule has 0 bridgehead atoms. The number of benzene rings is 2. The highest BCUT2D eigenvalue weighted by Gasteiger charge is 2.54. The minimum atomic E-state index is -0.702. The number of aromatic nitrogens is 3. The number of rotatable bonds is 5. The fraction of sp³-hybridized carbons (Fsp3) is 0.444. The van der Waals surface area contributed by atoms with Crippen LogP contribution >= 0.6 is 11.6 Å². The van der Waals surface area contributed by atoms with E-state index >= 15 is 0 Å². The Hall–Kier alpha value is -3.42. The number of halogens is 3. The lowest BCUT2D eigenvalue weighted by Crippen LogP contribution is -2.73. The van der Waals surface area contributed by atoms with Gasteiger partial charge in [0.15, 0.2) is 17.4 Å². The Morgan fingerprint density at radius 2 is 1.76 bits per heavy atom. The summed E-state index contributed by atoms with van der Waals surface area (Å²) in [5, 5.41) is 19.5. The highest BCUT2D eigenvalue weighted by Crippen LogP contribution is 2.47. The average molecular weight is 538 g/mol. The van der Waals surface area contributed by atoms with Crippen molar-refractivity contribution < 1.29 is 13.5 Å². The SMILES string of the molecule is COc1cc(N2CC3(C2)CN(c2nnc4n2-c2ccc(Cl)cc2CN(CC2(C#N)CC2)C4)C3)c(F)cc1F. The van der Waals surface area contributed by atoms with Crippen molar-refractivity contribution in [3.8, 4) is 17.5 Å². The molecule has 2 aromatic carbocycles. The molecular formula is C27H26ClF2N7O. The summed E-state index contributed by atoms with van der Waals surface area (Å²) in [7, 11) is 1.38. The third kappa shape index (κ3) is 3.71. The quantitative estimate of drug-likeness (QED) is 0.484. The maximum atomic E-state index is 14.5. The molecule has 1 aromatic heterocycles. The highest BCUT2D eigenvalue weighted by atomic mass is 35.5. The van der Waals surface area contributed by atoms with Crippen molar-refractivity contribution in [1.29, 1.82) is 5.26 Å². The van der Waals surface area contributed by atoms with Gasteiger partial charge in [-0.2, -0.15) is 5.26 Å². The van der Waals surface area contributed by atoms with Crippen molar-refractivity contribution in [3.05, 3.63) is 58.4 Å². The second kappa shape index (κ2) is 8.29. The molecule has 1 aliphatic carbocycles. The fourth-order valence-corrected chi connectivity index (χ4v) is 6.40. The van der Waals surface area contributed by atoms with Crippen molar-refractivity contribution >= 4 is 23.2 Å². The van der Waals surface area contributed by atoms with Crippen molar-refractivity contribution in [1.82, 2.24) is 19.7 Å². The van der Waals surface area contributed by atoms with Crippen LogP contribution in [0.2, 0.25) is 5.02 Å². The Labute approximate surface area is 224 Å². The lowest BCUT2D eigenvalue weighted by Gasteiger charge is -2.61. The van der Waals surface area contributed by atoms with E-state index in [4.69, 9.17) is 16.3 Å². The van der Waals surface area contributed by atoms with Crippen molar-refractivity contribution in [3.63, 3.8) is 0 Å². The zero-order chi connectivity index (χ0) is 26.2. The Kier molecular flexibility index (Phi) is 5.16. The van der Waals surface area contributed by atoms with Gasteiger partial charge in [0.25, 0.3) is 0 Å². The van der Waals surface area contributed by atoms with Crippen LogP contribution < -0.4 is 14.5 Å². The zero-order valence-electron chi connectivity index (χ0n) is 20.9. The molecular weight excluding hydrogens is 512 g/mol. The predicted molar refractivity (Wildman–Crippen MR) is 138 cm³/mol. The maximum Gasteiger partial charge on any atom is 0.231 e. The smallest absolute Gasteiger partial charge is 0.231 e. The monoisotopic (exact) mass is 537 g/mol. The van der Waals surface area contributed by atoms with Gasteiger partial charge in [0, 0.05) is 61.8 Å². The number of ether oxygens (including phenoxy) is 1. The molecule has 3 aliphatic heterocycles. The molecule has 11 heteroatoms. The van der Waals surface area contributed by atoms with E-state index in [1.807, 2.05) is 23.1 Å². The van der Waals surface area contributed by atoms with Crippen LogP contribution in [0.25, 0.3) is 5.69 Å².